The first kappa shape index (κ1) is 14.0. The fraction of sp³-hybridized carbons (Fsp3) is 0.143. The van der Waals surface area contributed by atoms with Gasteiger partial charge >= 0.3 is 0 Å². The zero-order chi connectivity index (χ0) is 14.7. The second-order valence-corrected chi connectivity index (χ2v) is 4.07. The Morgan fingerprint density at radius 1 is 1.10 bits per heavy atom. The smallest absolute Gasteiger partial charge is 0.196 e. The van der Waals surface area contributed by atoms with E-state index in [2.05, 4.69) is 5.32 Å². The predicted molar refractivity (Wildman–Crippen MR) is 68.3 cm³/mol. The Morgan fingerprint density at radius 2 is 1.85 bits per heavy atom. The fourth-order valence-electron chi connectivity index (χ4n) is 1.68. The molecule has 6 heteroatoms. The quantitative estimate of drug-likeness (QED) is 0.845. The number of phenols is 1. The van der Waals surface area contributed by atoms with Gasteiger partial charge in [-0.1, -0.05) is 0 Å². The van der Waals surface area contributed by atoms with E-state index in [1.807, 2.05) is 0 Å². The van der Waals surface area contributed by atoms with Crippen LogP contribution in [-0.4, -0.2) is 12.2 Å². The summed E-state index contributed by atoms with van der Waals surface area (Å²) in [5, 5.41) is 12.2. The van der Waals surface area contributed by atoms with Crippen molar-refractivity contribution in [1.29, 1.82) is 0 Å². The summed E-state index contributed by atoms with van der Waals surface area (Å²) < 4.78 is 44.3. The molecule has 0 aliphatic heterocycles. The third kappa shape index (κ3) is 2.79. The van der Waals surface area contributed by atoms with Crippen LogP contribution in [0.4, 0.5) is 18.9 Å². The Morgan fingerprint density at radius 3 is 2.55 bits per heavy atom. The highest BCUT2D eigenvalue weighted by Crippen LogP contribution is 2.25. The molecule has 0 heterocycles. The van der Waals surface area contributed by atoms with Crippen molar-refractivity contribution < 1.29 is 23.0 Å². The third-order valence-corrected chi connectivity index (χ3v) is 2.79. The monoisotopic (exact) mass is 283 g/mol. The summed E-state index contributed by atoms with van der Waals surface area (Å²) in [5.74, 6) is -3.58. The molecule has 0 saturated heterocycles. The van der Waals surface area contributed by atoms with Gasteiger partial charge in [0.1, 0.15) is 11.5 Å². The van der Waals surface area contributed by atoms with E-state index in [-0.39, 0.29) is 18.0 Å². The number of benzene rings is 2. The summed E-state index contributed by atoms with van der Waals surface area (Å²) in [5.41, 5.74) is 0.250. The molecule has 0 radical (unpaired) electrons. The molecular weight excluding hydrogens is 271 g/mol. The zero-order valence-electron chi connectivity index (χ0n) is 10.6. The van der Waals surface area contributed by atoms with Crippen LogP contribution >= 0.6 is 0 Å². The minimum absolute atomic E-state index is 0.0127. The van der Waals surface area contributed by atoms with Crippen molar-refractivity contribution >= 4 is 5.69 Å². The number of rotatable bonds is 4. The summed E-state index contributed by atoms with van der Waals surface area (Å²) in [6.07, 6.45) is 0. The van der Waals surface area contributed by atoms with Crippen molar-refractivity contribution in [3.05, 3.63) is 53.3 Å². The van der Waals surface area contributed by atoms with Crippen LogP contribution in [0.25, 0.3) is 0 Å². The molecule has 0 aliphatic carbocycles. The van der Waals surface area contributed by atoms with Crippen LogP contribution in [0.2, 0.25) is 0 Å². The van der Waals surface area contributed by atoms with Gasteiger partial charge in [-0.05, 0) is 30.3 Å². The molecule has 0 aromatic heterocycles. The molecule has 2 aromatic carbocycles. The van der Waals surface area contributed by atoms with Crippen molar-refractivity contribution in [3.8, 4) is 11.5 Å². The van der Waals surface area contributed by atoms with Gasteiger partial charge in [0.2, 0.25) is 0 Å². The van der Waals surface area contributed by atoms with Crippen LogP contribution in [0.1, 0.15) is 5.56 Å². The van der Waals surface area contributed by atoms with E-state index in [0.29, 0.717) is 11.3 Å². The average molecular weight is 283 g/mol. The SMILES string of the molecule is COc1ccc(O)c(CNc2ccc(F)c(F)c2F)c1. The number of halogens is 3. The molecule has 3 nitrogen and oxygen atoms in total. The molecule has 2 N–H and O–H groups in total. The molecule has 20 heavy (non-hydrogen) atoms. The van der Waals surface area contributed by atoms with Gasteiger partial charge in [0.25, 0.3) is 0 Å². The fourth-order valence-corrected chi connectivity index (χ4v) is 1.68. The van der Waals surface area contributed by atoms with Crippen molar-refractivity contribution in [3.63, 3.8) is 0 Å². The number of methoxy groups -OCH3 is 1. The molecule has 0 spiro atoms. The second-order valence-electron chi connectivity index (χ2n) is 4.07. The molecule has 106 valence electrons. The molecule has 0 saturated carbocycles. The first-order valence-electron chi connectivity index (χ1n) is 5.76. The lowest BCUT2D eigenvalue weighted by Crippen LogP contribution is -2.04. The van der Waals surface area contributed by atoms with Crippen molar-refractivity contribution in [2.45, 2.75) is 6.54 Å². The largest absolute Gasteiger partial charge is 0.508 e. The van der Waals surface area contributed by atoms with E-state index >= 15 is 0 Å². The van der Waals surface area contributed by atoms with E-state index in [0.717, 1.165) is 12.1 Å². The van der Waals surface area contributed by atoms with Crippen molar-refractivity contribution in [1.82, 2.24) is 0 Å². The lowest BCUT2D eigenvalue weighted by Gasteiger charge is -2.11. The average Bonchev–Trinajstić information content (AvgIpc) is 2.45. The van der Waals surface area contributed by atoms with Gasteiger partial charge in [0, 0.05) is 12.1 Å². The minimum atomic E-state index is -1.54. The molecule has 0 bridgehead atoms. The maximum absolute atomic E-state index is 13.4. The number of hydrogen-bond acceptors (Lipinski definition) is 3. The van der Waals surface area contributed by atoms with E-state index in [4.69, 9.17) is 4.74 Å². The van der Waals surface area contributed by atoms with Crippen LogP contribution in [0.15, 0.2) is 30.3 Å². The molecule has 0 atom stereocenters. The van der Waals surface area contributed by atoms with Crippen molar-refractivity contribution in [2.24, 2.45) is 0 Å². The zero-order valence-corrected chi connectivity index (χ0v) is 10.6. The minimum Gasteiger partial charge on any atom is -0.508 e. The maximum atomic E-state index is 13.4. The molecular formula is C14H12F3NO2. The Balaban J connectivity index is 2.19. The van der Waals surface area contributed by atoms with E-state index in [1.54, 1.807) is 12.1 Å². The van der Waals surface area contributed by atoms with E-state index in [9.17, 15) is 18.3 Å². The molecule has 0 aliphatic rings. The van der Waals surface area contributed by atoms with Gasteiger partial charge in [-0.25, -0.2) is 13.2 Å². The summed E-state index contributed by atoms with van der Waals surface area (Å²) in [6.45, 7) is 0.0328. The number of nitrogens with one attached hydrogen (secondary N) is 1. The number of phenolic OH excluding ortho intramolecular Hbond substituents is 1. The summed E-state index contributed by atoms with van der Waals surface area (Å²) in [7, 11) is 1.47. The lowest BCUT2D eigenvalue weighted by atomic mass is 10.2. The predicted octanol–water partition coefficient (Wildman–Crippen LogP) is 3.43. The Hall–Kier alpha value is -2.37. The Bertz CT molecular complexity index is 632. The van der Waals surface area contributed by atoms with Crippen LogP contribution in [0, 0.1) is 17.5 Å². The summed E-state index contributed by atoms with van der Waals surface area (Å²) in [6, 6.07) is 6.46. The number of hydrogen-bond donors (Lipinski definition) is 2. The van der Waals surface area contributed by atoms with E-state index < -0.39 is 17.5 Å². The van der Waals surface area contributed by atoms with Gasteiger partial charge in [-0.15, -0.1) is 0 Å². The molecule has 0 amide bonds. The van der Waals surface area contributed by atoms with Gasteiger partial charge in [-0.2, -0.15) is 0 Å². The highest BCUT2D eigenvalue weighted by Gasteiger charge is 2.13. The van der Waals surface area contributed by atoms with E-state index in [1.165, 1.54) is 13.2 Å². The van der Waals surface area contributed by atoms with Crippen LogP contribution in [0.3, 0.4) is 0 Å². The first-order valence-corrected chi connectivity index (χ1v) is 5.76. The van der Waals surface area contributed by atoms with Gasteiger partial charge in [0.15, 0.2) is 17.5 Å². The lowest BCUT2D eigenvalue weighted by molar-refractivity contribution is 0.411. The normalized spacial score (nSPS) is 10.4. The molecule has 2 aromatic rings. The van der Waals surface area contributed by atoms with Gasteiger partial charge in [-0.3, -0.25) is 0 Å². The Labute approximate surface area is 113 Å². The highest BCUT2D eigenvalue weighted by atomic mass is 19.2. The molecule has 0 unspecified atom stereocenters. The van der Waals surface area contributed by atoms with Crippen LogP contribution in [-0.2, 0) is 6.54 Å². The summed E-state index contributed by atoms with van der Waals surface area (Å²) >= 11 is 0. The topological polar surface area (TPSA) is 41.5 Å². The van der Waals surface area contributed by atoms with Crippen molar-refractivity contribution in [2.75, 3.05) is 12.4 Å². The number of anilines is 1. The van der Waals surface area contributed by atoms with Gasteiger partial charge < -0.3 is 15.2 Å². The molecule has 0 fully saturated rings. The standard InChI is InChI=1S/C14H12F3NO2/c1-20-9-2-5-12(19)8(6-9)7-18-11-4-3-10(15)13(16)14(11)17/h2-6,18-19H,7H2,1H3. The summed E-state index contributed by atoms with van der Waals surface area (Å²) in [4.78, 5) is 0. The number of aromatic hydroxyl groups is 1. The van der Waals surface area contributed by atoms with Crippen LogP contribution < -0.4 is 10.1 Å². The Kier molecular flexibility index (Phi) is 4.02. The number of ether oxygens (including phenoxy) is 1. The van der Waals surface area contributed by atoms with Gasteiger partial charge in [0.05, 0.1) is 12.8 Å². The maximum Gasteiger partial charge on any atom is 0.196 e. The highest BCUT2D eigenvalue weighted by molar-refractivity contribution is 5.48. The second kappa shape index (κ2) is 5.73. The first-order chi connectivity index (χ1) is 9.52. The molecule has 2 rings (SSSR count). The van der Waals surface area contributed by atoms with Crippen LogP contribution in [0.5, 0.6) is 11.5 Å². The third-order valence-electron chi connectivity index (χ3n) is 2.79.